The maximum atomic E-state index is 12.0. The van der Waals surface area contributed by atoms with Crippen molar-refractivity contribution in [2.24, 2.45) is 0 Å². The van der Waals surface area contributed by atoms with Gasteiger partial charge < -0.3 is 15.8 Å². The van der Waals surface area contributed by atoms with Crippen molar-refractivity contribution in [3.8, 4) is 5.75 Å². The number of benzene rings is 2. The molecule has 0 aliphatic carbocycles. The van der Waals surface area contributed by atoms with Gasteiger partial charge in [0.1, 0.15) is 5.75 Å². The van der Waals surface area contributed by atoms with Crippen LogP contribution in [0.5, 0.6) is 5.75 Å². The van der Waals surface area contributed by atoms with Gasteiger partial charge in [0.15, 0.2) is 0 Å². The molecule has 1 amide bonds. The molecule has 2 aromatic carbocycles. The predicted octanol–water partition coefficient (Wildman–Crippen LogP) is 3.11. The van der Waals surface area contributed by atoms with E-state index in [9.17, 15) is 4.79 Å². The van der Waals surface area contributed by atoms with Crippen LogP contribution in [0.25, 0.3) is 0 Å². The number of ether oxygens (including phenoxy) is 1. The topological polar surface area (TPSA) is 64.3 Å². The summed E-state index contributed by atoms with van der Waals surface area (Å²) in [6.45, 7) is 0. The van der Waals surface area contributed by atoms with E-state index in [4.69, 9.17) is 22.1 Å². The van der Waals surface area contributed by atoms with Crippen LogP contribution in [0.3, 0.4) is 0 Å². The van der Waals surface area contributed by atoms with E-state index in [0.717, 1.165) is 5.56 Å². The van der Waals surface area contributed by atoms with Crippen molar-refractivity contribution in [2.45, 2.75) is 6.42 Å². The van der Waals surface area contributed by atoms with Crippen LogP contribution in [0.4, 0.5) is 11.4 Å². The number of methoxy groups -OCH3 is 1. The highest BCUT2D eigenvalue weighted by Gasteiger charge is 2.10. The van der Waals surface area contributed by atoms with Crippen molar-refractivity contribution < 1.29 is 9.53 Å². The zero-order chi connectivity index (χ0) is 14.5. The quantitative estimate of drug-likeness (QED) is 0.850. The molecule has 0 spiro atoms. The Labute approximate surface area is 122 Å². The molecular formula is C15H15ClN2O2. The Morgan fingerprint density at radius 3 is 2.75 bits per heavy atom. The summed E-state index contributed by atoms with van der Waals surface area (Å²) >= 11 is 6.01. The summed E-state index contributed by atoms with van der Waals surface area (Å²) in [6, 6.07) is 12.4. The Bertz CT molecular complexity index is 609. The number of carbonyl (C=O) groups excluding carboxylic acids is 1. The van der Waals surface area contributed by atoms with Gasteiger partial charge in [-0.05, 0) is 29.8 Å². The molecular weight excluding hydrogens is 276 g/mol. The van der Waals surface area contributed by atoms with Gasteiger partial charge >= 0.3 is 0 Å². The third-order valence-electron chi connectivity index (χ3n) is 2.81. The van der Waals surface area contributed by atoms with E-state index in [0.29, 0.717) is 22.1 Å². The number of carbonyl (C=O) groups is 1. The van der Waals surface area contributed by atoms with Gasteiger partial charge in [0.05, 0.1) is 29.9 Å². The average Bonchev–Trinajstić information content (AvgIpc) is 2.43. The lowest BCUT2D eigenvalue weighted by molar-refractivity contribution is -0.115. The fourth-order valence-corrected chi connectivity index (χ4v) is 2.05. The van der Waals surface area contributed by atoms with Gasteiger partial charge in [-0.25, -0.2) is 0 Å². The van der Waals surface area contributed by atoms with Crippen molar-refractivity contribution in [3.05, 3.63) is 53.1 Å². The summed E-state index contributed by atoms with van der Waals surface area (Å²) in [4.78, 5) is 12.0. The maximum Gasteiger partial charge on any atom is 0.228 e. The molecule has 0 aliphatic rings. The molecule has 0 radical (unpaired) electrons. The second-order valence-corrected chi connectivity index (χ2v) is 4.69. The number of rotatable bonds is 4. The molecule has 0 aromatic heterocycles. The van der Waals surface area contributed by atoms with Crippen molar-refractivity contribution in [2.75, 3.05) is 18.2 Å². The first-order valence-electron chi connectivity index (χ1n) is 6.07. The maximum absolute atomic E-state index is 12.0. The van der Waals surface area contributed by atoms with Crippen LogP contribution in [0.1, 0.15) is 5.56 Å². The summed E-state index contributed by atoms with van der Waals surface area (Å²) < 4.78 is 5.12. The van der Waals surface area contributed by atoms with Gasteiger partial charge in [-0.15, -0.1) is 0 Å². The SMILES string of the molecule is COc1cccc(CC(=O)Nc2c(N)cccc2Cl)c1. The van der Waals surface area contributed by atoms with Crippen molar-refractivity contribution in [1.29, 1.82) is 0 Å². The summed E-state index contributed by atoms with van der Waals surface area (Å²) in [7, 11) is 1.59. The van der Waals surface area contributed by atoms with Crippen LogP contribution < -0.4 is 15.8 Å². The Morgan fingerprint density at radius 1 is 1.30 bits per heavy atom. The number of hydrogen-bond donors (Lipinski definition) is 2. The predicted molar refractivity (Wildman–Crippen MR) is 81.2 cm³/mol. The number of nitrogen functional groups attached to an aromatic ring is 1. The van der Waals surface area contributed by atoms with Crippen LogP contribution in [0.15, 0.2) is 42.5 Å². The van der Waals surface area contributed by atoms with Gasteiger partial charge in [-0.1, -0.05) is 29.8 Å². The number of halogens is 1. The van der Waals surface area contributed by atoms with E-state index in [-0.39, 0.29) is 12.3 Å². The smallest absolute Gasteiger partial charge is 0.228 e. The highest BCUT2D eigenvalue weighted by atomic mass is 35.5. The van der Waals surface area contributed by atoms with Crippen LogP contribution in [-0.2, 0) is 11.2 Å². The lowest BCUT2D eigenvalue weighted by Gasteiger charge is -2.10. The minimum Gasteiger partial charge on any atom is -0.497 e. The zero-order valence-corrected chi connectivity index (χ0v) is 11.8. The molecule has 0 aliphatic heterocycles. The fraction of sp³-hybridized carbons (Fsp3) is 0.133. The van der Waals surface area contributed by atoms with E-state index in [1.54, 1.807) is 25.3 Å². The van der Waals surface area contributed by atoms with Crippen LogP contribution in [0, 0.1) is 0 Å². The molecule has 0 saturated carbocycles. The Kier molecular flexibility index (Phi) is 4.48. The average molecular weight is 291 g/mol. The molecule has 3 N–H and O–H groups in total. The summed E-state index contributed by atoms with van der Waals surface area (Å²) in [5, 5.41) is 3.15. The molecule has 0 fully saturated rings. The normalized spacial score (nSPS) is 10.1. The molecule has 0 heterocycles. The first-order chi connectivity index (χ1) is 9.60. The molecule has 2 aromatic rings. The van der Waals surface area contributed by atoms with E-state index < -0.39 is 0 Å². The Hall–Kier alpha value is -2.20. The monoisotopic (exact) mass is 290 g/mol. The summed E-state index contributed by atoms with van der Waals surface area (Å²) in [5.74, 6) is 0.533. The zero-order valence-electron chi connectivity index (χ0n) is 11.0. The number of para-hydroxylation sites is 1. The first kappa shape index (κ1) is 14.2. The third kappa shape index (κ3) is 3.42. The molecule has 0 unspecified atom stereocenters. The van der Waals surface area contributed by atoms with Gasteiger partial charge in [0, 0.05) is 0 Å². The second kappa shape index (κ2) is 6.30. The van der Waals surface area contributed by atoms with Gasteiger partial charge in [-0.3, -0.25) is 4.79 Å². The van der Waals surface area contributed by atoms with Crippen molar-refractivity contribution >= 4 is 28.9 Å². The molecule has 5 heteroatoms. The molecule has 104 valence electrons. The molecule has 20 heavy (non-hydrogen) atoms. The summed E-state index contributed by atoms with van der Waals surface area (Å²) in [6.07, 6.45) is 0.224. The molecule has 2 rings (SSSR count). The van der Waals surface area contributed by atoms with Gasteiger partial charge in [0.2, 0.25) is 5.91 Å². The highest BCUT2D eigenvalue weighted by molar-refractivity contribution is 6.34. The minimum atomic E-state index is -0.182. The number of nitrogens with one attached hydrogen (secondary N) is 1. The highest BCUT2D eigenvalue weighted by Crippen LogP contribution is 2.27. The van der Waals surface area contributed by atoms with Gasteiger partial charge in [0.25, 0.3) is 0 Å². The minimum absolute atomic E-state index is 0.182. The van der Waals surface area contributed by atoms with E-state index >= 15 is 0 Å². The lowest BCUT2D eigenvalue weighted by Crippen LogP contribution is -2.15. The third-order valence-corrected chi connectivity index (χ3v) is 3.12. The number of amides is 1. The lowest BCUT2D eigenvalue weighted by atomic mass is 10.1. The van der Waals surface area contributed by atoms with Crippen LogP contribution in [0.2, 0.25) is 5.02 Å². The first-order valence-corrected chi connectivity index (χ1v) is 6.44. The van der Waals surface area contributed by atoms with Crippen molar-refractivity contribution in [1.82, 2.24) is 0 Å². The number of hydrogen-bond acceptors (Lipinski definition) is 3. The van der Waals surface area contributed by atoms with E-state index in [1.807, 2.05) is 24.3 Å². The number of nitrogens with two attached hydrogens (primary N) is 1. The molecule has 0 bridgehead atoms. The molecule has 4 nitrogen and oxygen atoms in total. The van der Waals surface area contributed by atoms with E-state index in [1.165, 1.54) is 0 Å². The van der Waals surface area contributed by atoms with Crippen LogP contribution >= 0.6 is 11.6 Å². The van der Waals surface area contributed by atoms with Gasteiger partial charge in [-0.2, -0.15) is 0 Å². The van der Waals surface area contributed by atoms with Crippen LogP contribution in [-0.4, -0.2) is 13.0 Å². The molecule has 0 atom stereocenters. The molecule has 0 saturated heterocycles. The van der Waals surface area contributed by atoms with Crippen molar-refractivity contribution in [3.63, 3.8) is 0 Å². The second-order valence-electron chi connectivity index (χ2n) is 4.28. The Morgan fingerprint density at radius 2 is 2.05 bits per heavy atom. The standard InChI is InChI=1S/C15H15ClN2O2/c1-20-11-5-2-4-10(8-11)9-14(19)18-15-12(16)6-3-7-13(15)17/h2-8H,9,17H2,1H3,(H,18,19). The Balaban J connectivity index is 2.09. The van der Waals surface area contributed by atoms with E-state index in [2.05, 4.69) is 5.32 Å². The summed E-state index contributed by atoms with van der Waals surface area (Å²) in [5.41, 5.74) is 7.53. The largest absolute Gasteiger partial charge is 0.497 e. The number of anilines is 2. The fourth-order valence-electron chi connectivity index (χ4n) is 1.82.